The molecule has 3 aromatic rings. The molecule has 1 heterocycles. The summed E-state index contributed by atoms with van der Waals surface area (Å²) < 4.78 is 28.4. The zero-order valence-corrected chi connectivity index (χ0v) is 12.4. The predicted molar refractivity (Wildman–Crippen MR) is 82.8 cm³/mol. The molecule has 2 aromatic carbocycles. The highest BCUT2D eigenvalue weighted by Gasteiger charge is 2.18. The number of carbonyl (C=O) groups is 1. The van der Waals surface area contributed by atoms with E-state index in [1.807, 2.05) is 16.7 Å². The van der Waals surface area contributed by atoms with Crippen molar-refractivity contribution in [2.45, 2.75) is 6.54 Å². The van der Waals surface area contributed by atoms with Crippen molar-refractivity contribution in [1.29, 1.82) is 0 Å². The lowest BCUT2D eigenvalue weighted by Gasteiger charge is -2.09. The van der Waals surface area contributed by atoms with Crippen molar-refractivity contribution in [3.05, 3.63) is 77.9 Å². The Morgan fingerprint density at radius 1 is 1.21 bits per heavy atom. The molecule has 1 aromatic heterocycles. The number of benzene rings is 2. The number of imidazole rings is 1. The van der Waals surface area contributed by atoms with Gasteiger partial charge in [0.1, 0.15) is 22.9 Å². The molecule has 2 N–H and O–H groups in total. The molecule has 0 aliphatic carbocycles. The van der Waals surface area contributed by atoms with Crippen LogP contribution < -0.4 is 5.32 Å². The summed E-state index contributed by atoms with van der Waals surface area (Å²) in [4.78, 5) is 15.9. The average Bonchev–Trinajstić information content (AvgIpc) is 3.07. The fourth-order valence-corrected chi connectivity index (χ4v) is 2.25. The maximum Gasteiger partial charge on any atom is 0.258 e. The Bertz CT molecular complexity index is 839. The minimum Gasteiger partial charge on any atom is -0.507 e. The van der Waals surface area contributed by atoms with Crippen LogP contribution in [0.3, 0.4) is 0 Å². The van der Waals surface area contributed by atoms with Gasteiger partial charge in [0.15, 0.2) is 0 Å². The first kappa shape index (κ1) is 15.7. The summed E-state index contributed by atoms with van der Waals surface area (Å²) in [6.07, 6.45) is 5.13. The van der Waals surface area contributed by atoms with Crippen LogP contribution in [-0.4, -0.2) is 20.6 Å². The van der Waals surface area contributed by atoms with E-state index in [2.05, 4.69) is 10.3 Å². The monoisotopic (exact) mass is 329 g/mol. The van der Waals surface area contributed by atoms with Gasteiger partial charge in [-0.2, -0.15) is 0 Å². The fraction of sp³-hybridized carbons (Fsp3) is 0.0588. The molecule has 24 heavy (non-hydrogen) atoms. The third-order valence-corrected chi connectivity index (χ3v) is 3.45. The number of carbonyl (C=O) groups excluding carboxylic acids is 1. The van der Waals surface area contributed by atoms with Gasteiger partial charge in [0.25, 0.3) is 5.91 Å². The van der Waals surface area contributed by atoms with E-state index in [1.165, 1.54) is 0 Å². The lowest BCUT2D eigenvalue weighted by Crippen LogP contribution is -2.24. The molecule has 0 atom stereocenters. The number of nitrogens with one attached hydrogen (secondary N) is 1. The minimum absolute atomic E-state index is 0.138. The van der Waals surface area contributed by atoms with Crippen LogP contribution in [0.25, 0.3) is 5.69 Å². The van der Waals surface area contributed by atoms with Crippen LogP contribution in [0, 0.1) is 11.6 Å². The molecule has 122 valence electrons. The van der Waals surface area contributed by atoms with Gasteiger partial charge in [-0.05, 0) is 17.7 Å². The number of phenolic OH excluding ortho intramolecular Hbond substituents is 1. The number of hydrogen-bond acceptors (Lipinski definition) is 3. The fourth-order valence-electron chi connectivity index (χ4n) is 2.25. The number of phenols is 1. The molecule has 0 fully saturated rings. The highest BCUT2D eigenvalue weighted by atomic mass is 19.1. The summed E-state index contributed by atoms with van der Waals surface area (Å²) in [5.74, 6) is -3.61. The lowest BCUT2D eigenvalue weighted by atomic mass is 10.1. The third kappa shape index (κ3) is 3.24. The van der Waals surface area contributed by atoms with E-state index in [1.54, 1.807) is 30.9 Å². The minimum atomic E-state index is -1.11. The Kier molecular flexibility index (Phi) is 4.24. The van der Waals surface area contributed by atoms with Crippen LogP contribution in [0.2, 0.25) is 0 Å². The van der Waals surface area contributed by atoms with E-state index in [0.29, 0.717) is 12.1 Å². The highest BCUT2D eigenvalue weighted by molar-refractivity contribution is 5.97. The van der Waals surface area contributed by atoms with Gasteiger partial charge in [0.2, 0.25) is 0 Å². The van der Waals surface area contributed by atoms with E-state index in [9.17, 15) is 18.7 Å². The molecule has 7 heteroatoms. The molecular weight excluding hydrogens is 316 g/mol. The Morgan fingerprint density at radius 3 is 2.58 bits per heavy atom. The third-order valence-electron chi connectivity index (χ3n) is 3.45. The van der Waals surface area contributed by atoms with Crippen LogP contribution in [0.5, 0.6) is 5.75 Å². The lowest BCUT2D eigenvalue weighted by molar-refractivity contribution is 0.0944. The van der Waals surface area contributed by atoms with Gasteiger partial charge in [-0.1, -0.05) is 12.1 Å². The SMILES string of the molecule is O=C(NCc1ccc(-n2ccnc2)cc1)c1c(O)cc(F)cc1F. The van der Waals surface area contributed by atoms with Gasteiger partial charge in [-0.3, -0.25) is 4.79 Å². The first-order valence-corrected chi connectivity index (χ1v) is 7.08. The second-order valence-electron chi connectivity index (χ2n) is 5.10. The van der Waals surface area contributed by atoms with Crippen molar-refractivity contribution in [3.63, 3.8) is 0 Å². The Hall–Kier alpha value is -3.22. The number of aromatic hydroxyl groups is 1. The van der Waals surface area contributed by atoms with Gasteiger partial charge in [-0.15, -0.1) is 0 Å². The number of aromatic nitrogens is 2. The van der Waals surface area contributed by atoms with Gasteiger partial charge in [0.05, 0.1) is 6.33 Å². The smallest absolute Gasteiger partial charge is 0.258 e. The maximum absolute atomic E-state index is 13.6. The zero-order valence-electron chi connectivity index (χ0n) is 12.4. The molecule has 0 unspecified atom stereocenters. The second-order valence-corrected chi connectivity index (χ2v) is 5.10. The van der Waals surface area contributed by atoms with Gasteiger partial charge >= 0.3 is 0 Å². The van der Waals surface area contributed by atoms with E-state index >= 15 is 0 Å². The van der Waals surface area contributed by atoms with Gasteiger partial charge < -0.3 is 15.0 Å². The number of rotatable bonds is 4. The summed E-state index contributed by atoms with van der Waals surface area (Å²) in [6, 6.07) is 8.54. The van der Waals surface area contributed by atoms with Crippen molar-refractivity contribution in [1.82, 2.24) is 14.9 Å². The molecule has 5 nitrogen and oxygen atoms in total. The average molecular weight is 329 g/mol. The normalized spacial score (nSPS) is 10.6. The summed E-state index contributed by atoms with van der Waals surface area (Å²) in [7, 11) is 0. The molecule has 0 saturated carbocycles. The first-order valence-electron chi connectivity index (χ1n) is 7.08. The number of halogens is 2. The van der Waals surface area contributed by atoms with Crippen molar-refractivity contribution in [2.75, 3.05) is 0 Å². The molecule has 0 aliphatic rings. The molecule has 1 amide bonds. The number of amides is 1. The van der Waals surface area contributed by atoms with Crippen LogP contribution >= 0.6 is 0 Å². The van der Waals surface area contributed by atoms with Crippen LogP contribution in [-0.2, 0) is 6.54 Å². The summed E-state index contributed by atoms with van der Waals surface area (Å²) in [6.45, 7) is 0.138. The summed E-state index contributed by atoms with van der Waals surface area (Å²) in [5.41, 5.74) is 1.12. The standard InChI is InChI=1S/C17H13F2N3O2/c18-12-7-14(19)16(15(23)8-12)17(24)21-9-11-1-3-13(4-2-11)22-6-5-20-10-22/h1-8,10,23H,9H2,(H,21,24). The largest absolute Gasteiger partial charge is 0.507 e. The zero-order chi connectivity index (χ0) is 17.1. The van der Waals surface area contributed by atoms with Crippen LogP contribution in [0.1, 0.15) is 15.9 Å². The molecule has 0 saturated heterocycles. The topological polar surface area (TPSA) is 67.2 Å². The summed E-state index contributed by atoms with van der Waals surface area (Å²) in [5, 5.41) is 12.0. The van der Waals surface area contributed by atoms with E-state index in [-0.39, 0.29) is 6.54 Å². The number of hydrogen-bond donors (Lipinski definition) is 2. The van der Waals surface area contributed by atoms with Crippen LogP contribution in [0.4, 0.5) is 8.78 Å². The first-order chi connectivity index (χ1) is 11.5. The predicted octanol–water partition coefficient (Wildman–Crippen LogP) is 2.79. The highest BCUT2D eigenvalue weighted by Crippen LogP contribution is 2.22. The van der Waals surface area contributed by atoms with E-state index < -0.39 is 28.9 Å². The van der Waals surface area contributed by atoms with Crippen LogP contribution in [0.15, 0.2) is 55.1 Å². The molecule has 0 bridgehead atoms. The molecule has 3 rings (SSSR count). The van der Waals surface area contributed by atoms with Crippen molar-refractivity contribution < 1.29 is 18.7 Å². The van der Waals surface area contributed by atoms with Crippen molar-refractivity contribution in [2.24, 2.45) is 0 Å². The maximum atomic E-state index is 13.6. The Labute approximate surface area is 136 Å². The Morgan fingerprint density at radius 2 is 1.96 bits per heavy atom. The second kappa shape index (κ2) is 6.49. The summed E-state index contributed by atoms with van der Waals surface area (Å²) >= 11 is 0. The van der Waals surface area contributed by atoms with Gasteiger partial charge in [0, 0.05) is 36.8 Å². The quantitative estimate of drug-likeness (QED) is 0.773. The molecule has 0 spiro atoms. The van der Waals surface area contributed by atoms with E-state index in [0.717, 1.165) is 11.3 Å². The molecule has 0 aliphatic heterocycles. The number of nitrogens with zero attached hydrogens (tertiary/aromatic N) is 2. The van der Waals surface area contributed by atoms with E-state index in [4.69, 9.17) is 0 Å². The van der Waals surface area contributed by atoms with Gasteiger partial charge in [-0.25, -0.2) is 13.8 Å². The van der Waals surface area contributed by atoms with Crippen molar-refractivity contribution in [3.8, 4) is 11.4 Å². The Balaban J connectivity index is 1.69. The molecule has 0 radical (unpaired) electrons. The molecular formula is C17H13F2N3O2. The van der Waals surface area contributed by atoms with Crippen molar-refractivity contribution >= 4 is 5.91 Å².